The van der Waals surface area contributed by atoms with Gasteiger partial charge in [-0.3, -0.25) is 9.98 Å². The molecule has 1 aromatic carbocycles. The highest BCUT2D eigenvalue weighted by Gasteiger charge is 2.03. The molecule has 0 spiro atoms. The molecule has 0 aliphatic heterocycles. The molecule has 0 radical (unpaired) electrons. The van der Waals surface area contributed by atoms with E-state index in [4.69, 9.17) is 0 Å². The van der Waals surface area contributed by atoms with Crippen LogP contribution in [0.15, 0.2) is 53.6 Å². The SMILES string of the molecule is CN=C(/C=C(\C)Nc1cnccn1)CCc1cc(NC)ccc1C. The smallest absolute Gasteiger partial charge is 0.148 e. The van der Waals surface area contributed by atoms with Crippen molar-refractivity contribution < 1.29 is 0 Å². The first-order valence-corrected chi connectivity index (χ1v) is 8.06. The number of aliphatic imine (C=N–C) groups is 1. The molecule has 0 atom stereocenters. The summed E-state index contributed by atoms with van der Waals surface area (Å²) in [4.78, 5) is 12.7. The third-order valence-electron chi connectivity index (χ3n) is 3.85. The van der Waals surface area contributed by atoms with E-state index in [9.17, 15) is 0 Å². The van der Waals surface area contributed by atoms with Crippen molar-refractivity contribution in [3.63, 3.8) is 0 Å². The van der Waals surface area contributed by atoms with Gasteiger partial charge >= 0.3 is 0 Å². The molecule has 0 aliphatic carbocycles. The fourth-order valence-electron chi connectivity index (χ4n) is 2.46. The molecule has 0 amide bonds. The summed E-state index contributed by atoms with van der Waals surface area (Å²) in [7, 11) is 3.77. The Hall–Kier alpha value is -2.69. The van der Waals surface area contributed by atoms with Crippen molar-refractivity contribution in [3.05, 3.63) is 59.7 Å². The van der Waals surface area contributed by atoms with Crippen molar-refractivity contribution in [1.82, 2.24) is 9.97 Å². The molecule has 0 fully saturated rings. The predicted molar refractivity (Wildman–Crippen MR) is 102 cm³/mol. The fourth-order valence-corrected chi connectivity index (χ4v) is 2.46. The van der Waals surface area contributed by atoms with Crippen molar-refractivity contribution in [2.24, 2.45) is 4.99 Å². The van der Waals surface area contributed by atoms with Crippen LogP contribution in [-0.4, -0.2) is 29.8 Å². The fraction of sp³-hybridized carbons (Fsp3) is 0.316. The molecule has 0 saturated heterocycles. The average Bonchev–Trinajstić information content (AvgIpc) is 2.60. The summed E-state index contributed by atoms with van der Waals surface area (Å²) in [5, 5.41) is 6.42. The van der Waals surface area contributed by atoms with Crippen molar-refractivity contribution in [3.8, 4) is 0 Å². The van der Waals surface area contributed by atoms with Crippen LogP contribution in [0.25, 0.3) is 0 Å². The predicted octanol–water partition coefficient (Wildman–Crippen LogP) is 3.85. The topological polar surface area (TPSA) is 62.2 Å². The molecule has 0 bridgehead atoms. The number of anilines is 2. The third-order valence-corrected chi connectivity index (χ3v) is 3.85. The highest BCUT2D eigenvalue weighted by molar-refractivity contribution is 5.95. The zero-order valence-corrected chi connectivity index (χ0v) is 14.8. The van der Waals surface area contributed by atoms with Crippen LogP contribution in [0.1, 0.15) is 24.5 Å². The number of benzene rings is 1. The van der Waals surface area contributed by atoms with Crippen LogP contribution in [0.3, 0.4) is 0 Å². The van der Waals surface area contributed by atoms with Crippen molar-refractivity contribution in [1.29, 1.82) is 0 Å². The van der Waals surface area contributed by atoms with Gasteiger partial charge in [-0.2, -0.15) is 0 Å². The summed E-state index contributed by atoms with van der Waals surface area (Å²) in [6.45, 7) is 4.15. The second-order valence-corrected chi connectivity index (χ2v) is 5.65. The van der Waals surface area contributed by atoms with E-state index >= 15 is 0 Å². The van der Waals surface area contributed by atoms with E-state index in [-0.39, 0.29) is 0 Å². The number of allylic oxidation sites excluding steroid dienone is 2. The van der Waals surface area contributed by atoms with Crippen LogP contribution in [0.2, 0.25) is 0 Å². The maximum atomic E-state index is 4.41. The molecule has 24 heavy (non-hydrogen) atoms. The number of nitrogens with zero attached hydrogens (tertiary/aromatic N) is 3. The van der Waals surface area contributed by atoms with Gasteiger partial charge in [0, 0.05) is 43.6 Å². The minimum Gasteiger partial charge on any atom is -0.388 e. The van der Waals surface area contributed by atoms with Crippen LogP contribution in [0.5, 0.6) is 0 Å². The summed E-state index contributed by atoms with van der Waals surface area (Å²) >= 11 is 0. The molecule has 1 heterocycles. The Bertz CT molecular complexity index is 720. The van der Waals surface area contributed by atoms with Gasteiger partial charge in [0.25, 0.3) is 0 Å². The van der Waals surface area contributed by atoms with Gasteiger partial charge in [0.05, 0.1) is 6.20 Å². The standard InChI is InChI=1S/C19H25N5/c1-14-5-7-18(21-4)12-16(14)6-8-17(20-3)11-15(2)24-19-13-22-9-10-23-19/h5,7,9-13,21H,6,8H2,1-4H3,(H,23,24)/b15-11+,20-17?. The largest absolute Gasteiger partial charge is 0.388 e. The van der Waals surface area contributed by atoms with Crippen LogP contribution >= 0.6 is 0 Å². The number of hydrogen-bond donors (Lipinski definition) is 2. The molecule has 2 rings (SSSR count). The van der Waals surface area contributed by atoms with Crippen molar-refractivity contribution in [2.75, 3.05) is 24.7 Å². The zero-order valence-electron chi connectivity index (χ0n) is 14.8. The zero-order chi connectivity index (χ0) is 17.4. The van der Waals surface area contributed by atoms with Gasteiger partial charge in [0.15, 0.2) is 0 Å². The molecular weight excluding hydrogens is 298 g/mol. The molecule has 0 aliphatic rings. The maximum Gasteiger partial charge on any atom is 0.148 e. The Kier molecular flexibility index (Phi) is 6.49. The summed E-state index contributed by atoms with van der Waals surface area (Å²) in [5.74, 6) is 0.735. The lowest BCUT2D eigenvalue weighted by Gasteiger charge is -2.10. The second kappa shape index (κ2) is 8.82. The van der Waals surface area contributed by atoms with Crippen molar-refractivity contribution >= 4 is 17.2 Å². The van der Waals surface area contributed by atoms with Gasteiger partial charge in [-0.15, -0.1) is 0 Å². The second-order valence-electron chi connectivity index (χ2n) is 5.65. The van der Waals surface area contributed by atoms with Crippen molar-refractivity contribution in [2.45, 2.75) is 26.7 Å². The summed E-state index contributed by atoms with van der Waals surface area (Å²) in [6.07, 6.45) is 8.94. The molecule has 126 valence electrons. The molecule has 2 N–H and O–H groups in total. The van der Waals surface area contributed by atoms with E-state index in [1.807, 2.05) is 21.0 Å². The first-order valence-electron chi connectivity index (χ1n) is 8.06. The van der Waals surface area contributed by atoms with Gasteiger partial charge in [0.1, 0.15) is 5.82 Å². The van der Waals surface area contributed by atoms with Crippen LogP contribution in [0.4, 0.5) is 11.5 Å². The minimum atomic E-state index is 0.735. The lowest BCUT2D eigenvalue weighted by molar-refractivity contribution is 1.02. The third kappa shape index (κ3) is 5.19. The van der Waals surface area contributed by atoms with Crippen LogP contribution in [0, 0.1) is 6.92 Å². The van der Waals surface area contributed by atoms with Gasteiger partial charge in [-0.25, -0.2) is 4.98 Å². The van der Waals surface area contributed by atoms with Gasteiger partial charge in [-0.05, 0) is 56.0 Å². The summed E-state index contributed by atoms with van der Waals surface area (Å²) < 4.78 is 0. The van der Waals surface area contributed by atoms with E-state index in [0.29, 0.717) is 0 Å². The normalized spacial score (nSPS) is 12.2. The Balaban J connectivity index is 2.01. The molecule has 1 aromatic heterocycles. The molecule has 2 aromatic rings. The highest BCUT2D eigenvalue weighted by atomic mass is 15.0. The van der Waals surface area contributed by atoms with Gasteiger partial charge in [0.2, 0.25) is 0 Å². The lowest BCUT2D eigenvalue weighted by atomic mass is 10.0. The number of aromatic nitrogens is 2. The van der Waals surface area contributed by atoms with Crippen LogP contribution < -0.4 is 10.6 Å². The first kappa shape index (κ1) is 17.7. The molecule has 0 saturated carbocycles. The lowest BCUT2D eigenvalue weighted by Crippen LogP contribution is -2.04. The van der Waals surface area contributed by atoms with E-state index in [2.05, 4.69) is 56.8 Å². The number of rotatable bonds is 7. The van der Waals surface area contributed by atoms with Gasteiger partial charge in [-0.1, -0.05) is 6.07 Å². The first-order chi connectivity index (χ1) is 11.6. The average molecular weight is 323 g/mol. The Morgan fingerprint density at radius 2 is 2.12 bits per heavy atom. The van der Waals surface area contributed by atoms with Crippen LogP contribution in [-0.2, 0) is 6.42 Å². The Morgan fingerprint density at radius 1 is 1.29 bits per heavy atom. The minimum absolute atomic E-state index is 0.735. The molecule has 5 nitrogen and oxygen atoms in total. The summed E-state index contributed by atoms with van der Waals surface area (Å²) in [6, 6.07) is 6.46. The quantitative estimate of drug-likeness (QED) is 0.760. The molecule has 5 heteroatoms. The van der Waals surface area contributed by atoms with E-state index in [0.717, 1.165) is 35.8 Å². The van der Waals surface area contributed by atoms with E-state index < -0.39 is 0 Å². The number of hydrogen-bond acceptors (Lipinski definition) is 5. The van der Waals surface area contributed by atoms with Gasteiger partial charge < -0.3 is 10.6 Å². The maximum absolute atomic E-state index is 4.41. The van der Waals surface area contributed by atoms with E-state index in [1.54, 1.807) is 18.6 Å². The molecule has 0 unspecified atom stereocenters. The highest BCUT2D eigenvalue weighted by Crippen LogP contribution is 2.17. The monoisotopic (exact) mass is 323 g/mol. The Labute approximate surface area is 144 Å². The number of nitrogens with one attached hydrogen (secondary N) is 2. The molecular formula is C19H25N5. The number of aryl methyl sites for hydroxylation is 2. The Morgan fingerprint density at radius 3 is 2.79 bits per heavy atom. The van der Waals surface area contributed by atoms with E-state index in [1.165, 1.54) is 11.1 Å². The summed E-state index contributed by atoms with van der Waals surface area (Å²) in [5.41, 5.74) is 5.84.